The highest BCUT2D eigenvalue weighted by atomic mass is 32.1. The minimum atomic E-state index is -0.161. The molecule has 2 aromatic rings. The summed E-state index contributed by atoms with van der Waals surface area (Å²) in [7, 11) is 0. The fourth-order valence-corrected chi connectivity index (χ4v) is 4.28. The summed E-state index contributed by atoms with van der Waals surface area (Å²) in [6.45, 7) is 5.53. The van der Waals surface area contributed by atoms with Gasteiger partial charge in [-0.15, -0.1) is 10.2 Å². The number of aromatic nitrogens is 2. The lowest BCUT2D eigenvalue weighted by atomic mass is 9.95. The number of nitrogens with one attached hydrogen (secondary N) is 1. The molecule has 0 radical (unpaired) electrons. The lowest BCUT2D eigenvalue weighted by Gasteiger charge is -2.32. The van der Waals surface area contributed by atoms with Gasteiger partial charge in [0.1, 0.15) is 29.0 Å². The second-order valence-corrected chi connectivity index (χ2v) is 8.53. The van der Waals surface area contributed by atoms with Crippen molar-refractivity contribution in [2.24, 2.45) is 5.92 Å². The number of nitrogens with zero attached hydrogens (tertiary/aromatic N) is 3. The summed E-state index contributed by atoms with van der Waals surface area (Å²) in [5.41, 5.74) is 1.66. The summed E-state index contributed by atoms with van der Waals surface area (Å²) in [5.74, 6) is 0.482. The minimum Gasteiger partial charge on any atom is -0.491 e. The highest BCUT2D eigenvalue weighted by Gasteiger charge is 2.31. The molecule has 2 amide bonds. The number of amides is 2. The first-order chi connectivity index (χ1) is 14.5. The van der Waals surface area contributed by atoms with Crippen molar-refractivity contribution in [1.82, 2.24) is 15.1 Å². The van der Waals surface area contributed by atoms with Gasteiger partial charge in [-0.3, -0.25) is 9.59 Å². The summed E-state index contributed by atoms with van der Waals surface area (Å²) >= 11 is 1.52. The number of likely N-dealkylation sites (tertiary alicyclic amines) is 1. The molecule has 1 fully saturated rings. The Bertz CT molecular complexity index is 979. The first kappa shape index (κ1) is 20.3. The zero-order valence-corrected chi connectivity index (χ0v) is 17.8. The van der Waals surface area contributed by atoms with E-state index in [9.17, 15) is 9.59 Å². The third kappa shape index (κ3) is 4.46. The van der Waals surface area contributed by atoms with Crippen molar-refractivity contribution < 1.29 is 19.1 Å². The minimum absolute atomic E-state index is 0.0275. The molecule has 1 N–H and O–H groups in total. The van der Waals surface area contributed by atoms with Crippen molar-refractivity contribution >= 4 is 28.8 Å². The lowest BCUT2D eigenvalue weighted by molar-refractivity contribution is -0.135. The van der Waals surface area contributed by atoms with Gasteiger partial charge in [-0.25, -0.2) is 0 Å². The van der Waals surface area contributed by atoms with Gasteiger partial charge in [-0.2, -0.15) is 0 Å². The van der Waals surface area contributed by atoms with Gasteiger partial charge in [0, 0.05) is 30.3 Å². The van der Waals surface area contributed by atoms with Crippen molar-refractivity contribution in [2.75, 3.05) is 31.6 Å². The van der Waals surface area contributed by atoms with E-state index in [4.69, 9.17) is 9.47 Å². The Morgan fingerprint density at radius 3 is 2.60 bits per heavy atom. The quantitative estimate of drug-likeness (QED) is 0.805. The van der Waals surface area contributed by atoms with Gasteiger partial charge in [0.2, 0.25) is 11.7 Å². The Morgan fingerprint density at radius 1 is 1.13 bits per heavy atom. The van der Waals surface area contributed by atoms with E-state index in [1.165, 1.54) is 11.3 Å². The molecule has 0 atom stereocenters. The monoisotopic (exact) mass is 428 g/mol. The van der Waals surface area contributed by atoms with Crippen LogP contribution in [0.25, 0.3) is 10.6 Å². The van der Waals surface area contributed by atoms with Crippen molar-refractivity contribution in [2.45, 2.75) is 26.7 Å². The molecule has 1 saturated heterocycles. The number of hydrogen-bond acceptors (Lipinski definition) is 7. The molecular formula is C21H24N4O4S. The Labute approximate surface area is 178 Å². The zero-order chi connectivity index (χ0) is 21.1. The van der Waals surface area contributed by atoms with Crippen LogP contribution in [-0.2, 0) is 19.1 Å². The number of hydrogen-bond donors (Lipinski definition) is 1. The molecule has 3 heterocycles. The standard InChI is InChI=1S/C21H24N4O4S/c1-13-18(29-11-10-28-13)21(27)25-8-6-15(7-9-25)19(26)22-17-5-3-4-16(12-17)20-24-23-14(2)30-20/h3-5,12,15H,6-11H2,1-2H3,(H,22,26). The molecule has 1 aromatic carbocycles. The maximum atomic E-state index is 12.8. The molecule has 8 nitrogen and oxygen atoms in total. The van der Waals surface area contributed by atoms with Crippen LogP contribution in [0.15, 0.2) is 35.8 Å². The third-order valence-corrected chi connectivity index (χ3v) is 6.11. The highest BCUT2D eigenvalue weighted by Crippen LogP contribution is 2.27. The Kier molecular flexibility index (Phi) is 5.98. The van der Waals surface area contributed by atoms with Crippen molar-refractivity contribution in [3.63, 3.8) is 0 Å². The van der Waals surface area contributed by atoms with Gasteiger partial charge in [-0.1, -0.05) is 23.5 Å². The molecule has 0 bridgehead atoms. The molecule has 158 valence electrons. The number of carbonyl (C=O) groups excluding carboxylic acids is 2. The van der Waals surface area contributed by atoms with Crippen molar-refractivity contribution in [3.8, 4) is 10.6 Å². The molecular weight excluding hydrogens is 404 g/mol. The van der Waals surface area contributed by atoms with Crippen LogP contribution in [0.3, 0.4) is 0 Å². The Morgan fingerprint density at radius 2 is 1.90 bits per heavy atom. The molecule has 0 spiro atoms. The number of piperidine rings is 1. The predicted molar refractivity (Wildman–Crippen MR) is 113 cm³/mol. The summed E-state index contributed by atoms with van der Waals surface area (Å²) in [6.07, 6.45) is 1.22. The number of ether oxygens (including phenoxy) is 2. The molecule has 0 aliphatic carbocycles. The van der Waals surface area contributed by atoms with E-state index in [0.29, 0.717) is 44.9 Å². The molecule has 0 saturated carbocycles. The maximum Gasteiger partial charge on any atom is 0.292 e. The fourth-order valence-electron chi connectivity index (χ4n) is 3.59. The van der Waals surface area contributed by atoms with E-state index < -0.39 is 0 Å². The normalized spacial score (nSPS) is 17.3. The summed E-state index contributed by atoms with van der Waals surface area (Å²) in [4.78, 5) is 27.1. The van der Waals surface area contributed by atoms with Crippen LogP contribution in [0.2, 0.25) is 0 Å². The highest BCUT2D eigenvalue weighted by molar-refractivity contribution is 7.14. The zero-order valence-electron chi connectivity index (χ0n) is 17.0. The lowest BCUT2D eigenvalue weighted by Crippen LogP contribution is -2.43. The second kappa shape index (κ2) is 8.83. The molecule has 0 unspecified atom stereocenters. The van der Waals surface area contributed by atoms with Crippen LogP contribution in [0.5, 0.6) is 0 Å². The average Bonchev–Trinajstić information content (AvgIpc) is 3.20. The number of carbonyl (C=O) groups is 2. The summed E-state index contributed by atoms with van der Waals surface area (Å²) in [6, 6.07) is 7.62. The van der Waals surface area contributed by atoms with E-state index in [-0.39, 0.29) is 23.5 Å². The van der Waals surface area contributed by atoms with E-state index >= 15 is 0 Å². The number of allylic oxidation sites excluding steroid dienone is 1. The number of anilines is 1. The van der Waals surface area contributed by atoms with Gasteiger partial charge >= 0.3 is 0 Å². The topological polar surface area (TPSA) is 93.7 Å². The molecule has 30 heavy (non-hydrogen) atoms. The molecule has 9 heteroatoms. The predicted octanol–water partition coefficient (Wildman–Crippen LogP) is 2.97. The first-order valence-corrected chi connectivity index (χ1v) is 10.8. The largest absolute Gasteiger partial charge is 0.491 e. The van der Waals surface area contributed by atoms with Crippen LogP contribution in [0.4, 0.5) is 5.69 Å². The third-order valence-electron chi connectivity index (χ3n) is 5.22. The van der Waals surface area contributed by atoms with Crippen LogP contribution in [-0.4, -0.2) is 53.2 Å². The molecule has 4 rings (SSSR count). The first-order valence-electron chi connectivity index (χ1n) is 9.98. The van der Waals surface area contributed by atoms with E-state index in [1.54, 1.807) is 11.8 Å². The van der Waals surface area contributed by atoms with Crippen LogP contribution in [0.1, 0.15) is 24.8 Å². The summed E-state index contributed by atoms with van der Waals surface area (Å²) in [5, 5.41) is 12.9. The van der Waals surface area contributed by atoms with Crippen molar-refractivity contribution in [3.05, 3.63) is 40.8 Å². The Hall–Kier alpha value is -2.94. The van der Waals surface area contributed by atoms with Crippen LogP contribution in [0, 0.1) is 12.8 Å². The van der Waals surface area contributed by atoms with E-state index in [0.717, 1.165) is 21.3 Å². The molecule has 1 aromatic heterocycles. The summed E-state index contributed by atoms with van der Waals surface area (Å²) < 4.78 is 10.9. The average molecular weight is 429 g/mol. The number of benzene rings is 1. The van der Waals surface area contributed by atoms with Gasteiger partial charge < -0.3 is 19.7 Å². The van der Waals surface area contributed by atoms with E-state index in [2.05, 4.69) is 15.5 Å². The van der Waals surface area contributed by atoms with Crippen molar-refractivity contribution in [1.29, 1.82) is 0 Å². The number of aryl methyl sites for hydroxylation is 1. The van der Waals surface area contributed by atoms with Crippen LogP contribution >= 0.6 is 11.3 Å². The van der Waals surface area contributed by atoms with E-state index in [1.807, 2.05) is 31.2 Å². The molecule has 2 aliphatic heterocycles. The van der Waals surface area contributed by atoms with Crippen LogP contribution < -0.4 is 5.32 Å². The second-order valence-electron chi connectivity index (χ2n) is 7.34. The van der Waals surface area contributed by atoms with Gasteiger partial charge in [0.25, 0.3) is 5.91 Å². The SMILES string of the molecule is CC1=C(C(=O)N2CCC(C(=O)Nc3cccc(-c4nnc(C)s4)c3)CC2)OCCO1. The number of rotatable bonds is 4. The maximum absolute atomic E-state index is 12.8. The van der Waals surface area contributed by atoms with Gasteiger partial charge in [0.05, 0.1) is 0 Å². The molecule has 2 aliphatic rings. The van der Waals surface area contributed by atoms with Gasteiger partial charge in [-0.05, 0) is 38.8 Å². The van der Waals surface area contributed by atoms with Gasteiger partial charge in [0.15, 0.2) is 0 Å². The Balaban J connectivity index is 1.34. The smallest absolute Gasteiger partial charge is 0.292 e. The fraction of sp³-hybridized carbons (Fsp3) is 0.429.